The minimum atomic E-state index is -0.116. The van der Waals surface area contributed by atoms with Crippen molar-refractivity contribution in [2.45, 2.75) is 38.6 Å². The van der Waals surface area contributed by atoms with E-state index in [1.165, 1.54) is 24.8 Å². The smallest absolute Gasteiger partial charge is 0.319 e. The molecule has 20 heavy (non-hydrogen) atoms. The first-order chi connectivity index (χ1) is 9.69. The predicted molar refractivity (Wildman–Crippen MR) is 82.9 cm³/mol. The van der Waals surface area contributed by atoms with Gasteiger partial charge in [0.05, 0.1) is 0 Å². The van der Waals surface area contributed by atoms with Gasteiger partial charge in [0.1, 0.15) is 0 Å². The molecule has 1 aliphatic carbocycles. The summed E-state index contributed by atoms with van der Waals surface area (Å²) in [6, 6.07) is 8.14. The topological polar surface area (TPSA) is 53.2 Å². The van der Waals surface area contributed by atoms with E-state index >= 15 is 0 Å². The predicted octanol–water partition coefficient (Wildman–Crippen LogP) is 3.28. The highest BCUT2D eigenvalue weighted by atomic mass is 16.2. The third-order valence-corrected chi connectivity index (χ3v) is 3.87. The Kier molecular flexibility index (Phi) is 5.41. The molecule has 2 amide bonds. The Morgan fingerprint density at radius 1 is 1.30 bits per heavy atom. The molecule has 1 aromatic rings. The van der Waals surface area contributed by atoms with Crippen molar-refractivity contribution in [3.8, 4) is 0 Å². The van der Waals surface area contributed by atoms with Crippen LogP contribution in [0.3, 0.4) is 0 Å². The van der Waals surface area contributed by atoms with Crippen LogP contribution in [0.15, 0.2) is 24.3 Å². The first-order valence-electron chi connectivity index (χ1n) is 7.51. The fourth-order valence-corrected chi connectivity index (χ4v) is 2.20. The first-order valence-corrected chi connectivity index (χ1v) is 7.51. The van der Waals surface area contributed by atoms with Gasteiger partial charge in [0.25, 0.3) is 0 Å². The lowest BCUT2D eigenvalue weighted by Crippen LogP contribution is -2.29. The van der Waals surface area contributed by atoms with Crippen LogP contribution in [0.25, 0.3) is 0 Å². The third kappa shape index (κ3) is 4.85. The molecule has 1 unspecified atom stereocenters. The lowest BCUT2D eigenvalue weighted by atomic mass is 10.1. The number of anilines is 1. The molecule has 1 fully saturated rings. The number of hydrogen-bond donors (Lipinski definition) is 3. The zero-order chi connectivity index (χ0) is 14.4. The fraction of sp³-hybridized carbons (Fsp3) is 0.562. The number of amides is 2. The fourth-order valence-electron chi connectivity index (χ4n) is 2.20. The normalized spacial score (nSPS) is 15.7. The van der Waals surface area contributed by atoms with Crippen molar-refractivity contribution in [2.24, 2.45) is 5.92 Å². The summed E-state index contributed by atoms with van der Waals surface area (Å²) in [6.07, 6.45) is 5.08. The molecule has 0 radical (unpaired) electrons. The summed E-state index contributed by atoms with van der Waals surface area (Å²) in [7, 11) is 1.94. The molecule has 110 valence electrons. The van der Waals surface area contributed by atoms with Crippen molar-refractivity contribution in [1.82, 2.24) is 10.6 Å². The number of nitrogens with one attached hydrogen (secondary N) is 3. The van der Waals surface area contributed by atoms with Crippen LogP contribution in [-0.4, -0.2) is 19.6 Å². The van der Waals surface area contributed by atoms with Gasteiger partial charge in [-0.25, -0.2) is 4.79 Å². The molecule has 0 bridgehead atoms. The van der Waals surface area contributed by atoms with E-state index in [0.717, 1.165) is 24.6 Å². The Bertz CT molecular complexity index is 426. The van der Waals surface area contributed by atoms with Crippen molar-refractivity contribution in [3.63, 3.8) is 0 Å². The van der Waals surface area contributed by atoms with Crippen molar-refractivity contribution in [1.29, 1.82) is 0 Å². The Balaban J connectivity index is 1.69. The molecule has 3 N–H and O–H groups in total. The van der Waals surface area contributed by atoms with Gasteiger partial charge in [-0.2, -0.15) is 0 Å². The van der Waals surface area contributed by atoms with E-state index in [1.807, 2.05) is 31.3 Å². The first kappa shape index (κ1) is 14.9. The maximum absolute atomic E-state index is 11.7. The molecule has 1 aromatic carbocycles. The molecule has 1 aliphatic rings. The van der Waals surface area contributed by atoms with Gasteiger partial charge >= 0.3 is 6.03 Å². The molecule has 0 heterocycles. The summed E-state index contributed by atoms with van der Waals surface area (Å²) in [5.41, 5.74) is 2.04. The average molecular weight is 275 g/mol. The number of rotatable bonds is 7. The maximum Gasteiger partial charge on any atom is 0.319 e. The highest BCUT2D eigenvalue weighted by Gasteiger charge is 2.20. The molecule has 1 saturated carbocycles. The minimum Gasteiger partial charge on any atom is -0.338 e. The standard InChI is InChI=1S/C16H25N3O/c1-12(17-2)14-7-9-15(10-8-14)19-16(20)18-11-3-4-13-5-6-13/h7-10,12-13,17H,3-6,11H2,1-2H3,(H2,18,19,20). The Hall–Kier alpha value is -1.55. The molecular formula is C16H25N3O. The molecule has 4 nitrogen and oxygen atoms in total. The summed E-state index contributed by atoms with van der Waals surface area (Å²) < 4.78 is 0. The molecule has 0 aliphatic heterocycles. The van der Waals surface area contributed by atoms with E-state index < -0.39 is 0 Å². The highest BCUT2D eigenvalue weighted by molar-refractivity contribution is 5.89. The van der Waals surface area contributed by atoms with Gasteiger partial charge in [0.15, 0.2) is 0 Å². The van der Waals surface area contributed by atoms with Crippen LogP contribution in [0, 0.1) is 5.92 Å². The second-order valence-electron chi connectivity index (χ2n) is 5.60. The monoisotopic (exact) mass is 275 g/mol. The number of benzene rings is 1. The Morgan fingerprint density at radius 2 is 2.00 bits per heavy atom. The van der Waals surface area contributed by atoms with Gasteiger partial charge < -0.3 is 16.0 Å². The van der Waals surface area contributed by atoms with Crippen LogP contribution in [0.1, 0.15) is 44.2 Å². The van der Waals surface area contributed by atoms with Crippen LogP contribution in [-0.2, 0) is 0 Å². The van der Waals surface area contributed by atoms with Crippen LogP contribution in [0.5, 0.6) is 0 Å². The highest BCUT2D eigenvalue weighted by Crippen LogP contribution is 2.33. The van der Waals surface area contributed by atoms with Crippen molar-refractivity contribution >= 4 is 11.7 Å². The van der Waals surface area contributed by atoms with Gasteiger partial charge in [-0.05, 0) is 50.4 Å². The van der Waals surface area contributed by atoms with E-state index in [1.54, 1.807) is 0 Å². The lowest BCUT2D eigenvalue weighted by molar-refractivity contribution is 0.252. The van der Waals surface area contributed by atoms with E-state index in [9.17, 15) is 4.79 Å². The van der Waals surface area contributed by atoms with Gasteiger partial charge in [0, 0.05) is 18.3 Å². The van der Waals surface area contributed by atoms with Gasteiger partial charge in [-0.15, -0.1) is 0 Å². The maximum atomic E-state index is 11.7. The Labute approximate surface area is 121 Å². The number of carbonyl (C=O) groups excluding carboxylic acids is 1. The number of hydrogen-bond acceptors (Lipinski definition) is 2. The van der Waals surface area contributed by atoms with Crippen LogP contribution < -0.4 is 16.0 Å². The summed E-state index contributed by atoms with van der Waals surface area (Å²) in [5.74, 6) is 0.932. The number of carbonyl (C=O) groups is 1. The average Bonchev–Trinajstić information content (AvgIpc) is 3.28. The van der Waals surface area contributed by atoms with E-state index in [-0.39, 0.29) is 6.03 Å². The van der Waals surface area contributed by atoms with E-state index in [0.29, 0.717) is 6.04 Å². The summed E-state index contributed by atoms with van der Waals surface area (Å²) >= 11 is 0. The van der Waals surface area contributed by atoms with Crippen molar-refractivity contribution < 1.29 is 4.79 Å². The second-order valence-corrected chi connectivity index (χ2v) is 5.60. The quantitative estimate of drug-likeness (QED) is 0.669. The summed E-state index contributed by atoms with van der Waals surface area (Å²) in [4.78, 5) is 11.7. The zero-order valence-corrected chi connectivity index (χ0v) is 12.4. The summed E-state index contributed by atoms with van der Waals surface area (Å²) in [6.45, 7) is 2.87. The van der Waals surface area contributed by atoms with Crippen LogP contribution >= 0.6 is 0 Å². The van der Waals surface area contributed by atoms with Gasteiger partial charge in [-0.1, -0.05) is 25.0 Å². The molecule has 0 spiro atoms. The largest absolute Gasteiger partial charge is 0.338 e. The van der Waals surface area contributed by atoms with Crippen LogP contribution in [0.4, 0.5) is 10.5 Å². The van der Waals surface area contributed by atoms with E-state index in [4.69, 9.17) is 0 Å². The Morgan fingerprint density at radius 3 is 2.60 bits per heavy atom. The number of urea groups is 1. The molecular weight excluding hydrogens is 250 g/mol. The minimum absolute atomic E-state index is 0.116. The summed E-state index contributed by atoms with van der Waals surface area (Å²) in [5, 5.41) is 8.95. The van der Waals surface area contributed by atoms with Gasteiger partial charge in [0.2, 0.25) is 0 Å². The van der Waals surface area contributed by atoms with E-state index in [2.05, 4.69) is 22.9 Å². The second kappa shape index (κ2) is 7.29. The molecule has 1 atom stereocenters. The zero-order valence-electron chi connectivity index (χ0n) is 12.4. The van der Waals surface area contributed by atoms with Crippen LogP contribution in [0.2, 0.25) is 0 Å². The van der Waals surface area contributed by atoms with Gasteiger partial charge in [-0.3, -0.25) is 0 Å². The molecule has 4 heteroatoms. The third-order valence-electron chi connectivity index (χ3n) is 3.87. The van der Waals surface area contributed by atoms with Crippen molar-refractivity contribution in [3.05, 3.63) is 29.8 Å². The van der Waals surface area contributed by atoms with Crippen molar-refractivity contribution in [2.75, 3.05) is 18.9 Å². The molecule has 2 rings (SSSR count). The lowest BCUT2D eigenvalue weighted by Gasteiger charge is -2.12. The molecule has 0 aromatic heterocycles. The molecule has 0 saturated heterocycles. The SMILES string of the molecule is CNC(C)c1ccc(NC(=O)NCCCC2CC2)cc1.